The molecule has 1 aromatic heterocycles. The van der Waals surface area contributed by atoms with Crippen molar-refractivity contribution in [2.24, 2.45) is 0 Å². The predicted molar refractivity (Wildman–Crippen MR) is 103 cm³/mol. The molecule has 0 bridgehead atoms. The molecule has 0 unspecified atom stereocenters. The summed E-state index contributed by atoms with van der Waals surface area (Å²) in [5.74, 6) is 4.05. The number of hydrogen-bond donors (Lipinski definition) is 0. The second-order valence-electron chi connectivity index (χ2n) is 6.87. The average Bonchev–Trinajstić information content (AvgIpc) is 2.68. The summed E-state index contributed by atoms with van der Waals surface area (Å²) in [5, 5.41) is 0. The predicted octanol–water partition coefficient (Wildman–Crippen LogP) is 2.94. The fourth-order valence-electron chi connectivity index (χ4n) is 3.20. The molecule has 2 heterocycles. The van der Waals surface area contributed by atoms with Gasteiger partial charge in [-0.25, -0.2) is 9.97 Å². The molecule has 2 aromatic rings. The smallest absolute Gasteiger partial charge is 0.133 e. The molecule has 0 spiro atoms. The Kier molecular flexibility index (Phi) is 5.93. The molecule has 0 radical (unpaired) electrons. The summed E-state index contributed by atoms with van der Waals surface area (Å²) in [7, 11) is 3.40. The van der Waals surface area contributed by atoms with Crippen molar-refractivity contribution in [3.8, 4) is 11.5 Å². The quantitative estimate of drug-likeness (QED) is 0.793. The maximum atomic E-state index is 5.50. The molecule has 6 nitrogen and oxygen atoms in total. The van der Waals surface area contributed by atoms with E-state index in [0.717, 1.165) is 61.4 Å². The lowest BCUT2D eigenvalue weighted by molar-refractivity contribution is 0.245. The minimum absolute atomic E-state index is 0.344. The van der Waals surface area contributed by atoms with Crippen molar-refractivity contribution in [1.29, 1.82) is 0 Å². The van der Waals surface area contributed by atoms with E-state index in [1.165, 1.54) is 0 Å². The van der Waals surface area contributed by atoms with Gasteiger partial charge in [0, 0.05) is 50.4 Å². The van der Waals surface area contributed by atoms with E-state index in [-0.39, 0.29) is 0 Å². The number of piperazine rings is 1. The highest BCUT2D eigenvalue weighted by Crippen LogP contribution is 2.26. The fraction of sp³-hybridized carbons (Fsp3) is 0.500. The van der Waals surface area contributed by atoms with Gasteiger partial charge in [0.2, 0.25) is 0 Å². The summed E-state index contributed by atoms with van der Waals surface area (Å²) in [5.41, 5.74) is 1.16. The molecule has 0 atom stereocenters. The highest BCUT2D eigenvalue weighted by atomic mass is 16.5. The van der Waals surface area contributed by atoms with Crippen molar-refractivity contribution in [2.75, 3.05) is 45.3 Å². The largest absolute Gasteiger partial charge is 0.497 e. The average molecular weight is 356 g/mol. The lowest BCUT2D eigenvalue weighted by Crippen LogP contribution is -2.46. The SMILES string of the molecule is COc1ccc(OC)c(CN2CCN(c3ccnc(C(C)C)n3)CC2)c1. The van der Waals surface area contributed by atoms with Crippen LogP contribution in [0.2, 0.25) is 0 Å². The van der Waals surface area contributed by atoms with E-state index in [0.29, 0.717) is 5.92 Å². The number of rotatable bonds is 6. The molecule has 1 aromatic carbocycles. The van der Waals surface area contributed by atoms with Gasteiger partial charge in [-0.1, -0.05) is 13.8 Å². The second kappa shape index (κ2) is 8.36. The minimum atomic E-state index is 0.344. The van der Waals surface area contributed by atoms with Crippen molar-refractivity contribution >= 4 is 5.82 Å². The molecule has 0 aliphatic carbocycles. The third kappa shape index (κ3) is 4.25. The van der Waals surface area contributed by atoms with Crippen molar-refractivity contribution in [3.63, 3.8) is 0 Å². The first-order valence-corrected chi connectivity index (χ1v) is 9.12. The van der Waals surface area contributed by atoms with Gasteiger partial charge in [-0.15, -0.1) is 0 Å². The highest BCUT2D eigenvalue weighted by molar-refractivity contribution is 5.41. The number of aromatic nitrogens is 2. The normalized spacial score (nSPS) is 15.3. The summed E-state index contributed by atoms with van der Waals surface area (Å²) in [6.07, 6.45) is 1.87. The van der Waals surface area contributed by atoms with Crippen LogP contribution in [0.15, 0.2) is 30.5 Å². The number of hydrogen-bond acceptors (Lipinski definition) is 6. The second-order valence-corrected chi connectivity index (χ2v) is 6.87. The number of methoxy groups -OCH3 is 2. The lowest BCUT2D eigenvalue weighted by atomic mass is 10.1. The van der Waals surface area contributed by atoms with Crippen LogP contribution < -0.4 is 14.4 Å². The Labute approximate surface area is 155 Å². The van der Waals surface area contributed by atoms with Gasteiger partial charge < -0.3 is 14.4 Å². The molecule has 1 aliphatic rings. The molecule has 1 fully saturated rings. The molecule has 6 heteroatoms. The van der Waals surface area contributed by atoms with Gasteiger partial charge in [0.25, 0.3) is 0 Å². The van der Waals surface area contributed by atoms with E-state index in [4.69, 9.17) is 14.5 Å². The zero-order valence-corrected chi connectivity index (χ0v) is 16.1. The molecule has 140 valence electrons. The first kappa shape index (κ1) is 18.5. The monoisotopic (exact) mass is 356 g/mol. The van der Waals surface area contributed by atoms with Crippen molar-refractivity contribution in [2.45, 2.75) is 26.3 Å². The van der Waals surface area contributed by atoms with E-state index in [1.54, 1.807) is 14.2 Å². The molecular formula is C20H28N4O2. The van der Waals surface area contributed by atoms with Crippen LogP contribution in [0.4, 0.5) is 5.82 Å². The van der Waals surface area contributed by atoms with Crippen LogP contribution in [0.5, 0.6) is 11.5 Å². The number of benzene rings is 1. The van der Waals surface area contributed by atoms with Gasteiger partial charge in [-0.2, -0.15) is 0 Å². The molecule has 3 rings (SSSR count). The molecule has 0 saturated carbocycles. The van der Waals surface area contributed by atoms with Crippen LogP contribution in [0.3, 0.4) is 0 Å². The summed E-state index contributed by atoms with van der Waals surface area (Å²) >= 11 is 0. The van der Waals surface area contributed by atoms with Crippen molar-refractivity contribution in [3.05, 3.63) is 41.9 Å². The fourth-order valence-corrected chi connectivity index (χ4v) is 3.20. The number of anilines is 1. The Bertz CT molecular complexity index is 728. The summed E-state index contributed by atoms with van der Waals surface area (Å²) < 4.78 is 10.9. The Hall–Kier alpha value is -2.34. The van der Waals surface area contributed by atoms with Gasteiger partial charge in [0.05, 0.1) is 14.2 Å². The first-order chi connectivity index (χ1) is 12.6. The molecule has 0 amide bonds. The summed E-state index contributed by atoms with van der Waals surface area (Å²) in [6.45, 7) is 9.00. The van der Waals surface area contributed by atoms with Gasteiger partial charge >= 0.3 is 0 Å². The molecular weight excluding hydrogens is 328 g/mol. The van der Waals surface area contributed by atoms with Crippen LogP contribution in [0.25, 0.3) is 0 Å². The van der Waals surface area contributed by atoms with E-state index >= 15 is 0 Å². The molecule has 1 saturated heterocycles. The van der Waals surface area contributed by atoms with Gasteiger partial charge in [-0.05, 0) is 24.3 Å². The molecule has 0 N–H and O–H groups in total. The Morgan fingerprint density at radius 3 is 2.46 bits per heavy atom. The number of ether oxygens (including phenoxy) is 2. The van der Waals surface area contributed by atoms with Crippen LogP contribution in [0, 0.1) is 0 Å². The van der Waals surface area contributed by atoms with Crippen molar-refractivity contribution < 1.29 is 9.47 Å². The van der Waals surface area contributed by atoms with Crippen molar-refractivity contribution in [1.82, 2.24) is 14.9 Å². The third-order valence-electron chi connectivity index (χ3n) is 4.75. The van der Waals surface area contributed by atoms with Crippen LogP contribution in [-0.2, 0) is 6.54 Å². The Morgan fingerprint density at radius 2 is 1.81 bits per heavy atom. The van der Waals surface area contributed by atoms with Crippen LogP contribution >= 0.6 is 0 Å². The highest BCUT2D eigenvalue weighted by Gasteiger charge is 2.20. The maximum Gasteiger partial charge on any atom is 0.133 e. The van der Waals surface area contributed by atoms with Gasteiger partial charge in [0.15, 0.2) is 0 Å². The van der Waals surface area contributed by atoms with E-state index in [2.05, 4.69) is 34.7 Å². The third-order valence-corrected chi connectivity index (χ3v) is 4.75. The Morgan fingerprint density at radius 1 is 1.04 bits per heavy atom. The standard InChI is InChI=1S/C20H28N4O2/c1-15(2)20-21-8-7-19(22-20)24-11-9-23(10-12-24)14-16-13-17(25-3)5-6-18(16)26-4/h5-8,13,15H,9-12,14H2,1-4H3. The van der Waals surface area contributed by atoms with Crippen LogP contribution in [-0.4, -0.2) is 55.3 Å². The van der Waals surface area contributed by atoms with Gasteiger partial charge in [-0.3, -0.25) is 4.90 Å². The van der Waals surface area contributed by atoms with Gasteiger partial charge in [0.1, 0.15) is 23.1 Å². The van der Waals surface area contributed by atoms with Crippen LogP contribution in [0.1, 0.15) is 31.2 Å². The zero-order valence-electron chi connectivity index (χ0n) is 16.1. The van der Waals surface area contributed by atoms with E-state index in [9.17, 15) is 0 Å². The van der Waals surface area contributed by atoms with E-state index < -0.39 is 0 Å². The first-order valence-electron chi connectivity index (χ1n) is 9.12. The minimum Gasteiger partial charge on any atom is -0.497 e. The summed E-state index contributed by atoms with van der Waals surface area (Å²) in [6, 6.07) is 7.97. The molecule has 1 aliphatic heterocycles. The molecule has 26 heavy (non-hydrogen) atoms. The maximum absolute atomic E-state index is 5.50. The number of nitrogens with zero attached hydrogens (tertiary/aromatic N) is 4. The topological polar surface area (TPSA) is 50.7 Å². The zero-order chi connectivity index (χ0) is 18.5. The Balaban J connectivity index is 1.63. The lowest BCUT2D eigenvalue weighted by Gasteiger charge is -2.35. The summed E-state index contributed by atoms with van der Waals surface area (Å²) in [4.78, 5) is 13.9. The van der Waals surface area contributed by atoms with E-state index in [1.807, 2.05) is 24.4 Å².